The van der Waals surface area contributed by atoms with Crippen LogP contribution in [0.2, 0.25) is 0 Å². The average molecular weight is 303 g/mol. The summed E-state index contributed by atoms with van der Waals surface area (Å²) in [4.78, 5) is 30.6. The summed E-state index contributed by atoms with van der Waals surface area (Å²) in [5.74, 6) is -1.50. The van der Waals surface area contributed by atoms with Crippen molar-refractivity contribution in [2.45, 2.75) is 6.42 Å². The van der Waals surface area contributed by atoms with Gasteiger partial charge < -0.3 is 10.1 Å². The molecule has 114 valence electrons. The molecule has 0 atom stereocenters. The molecule has 2 rings (SSSR count). The lowest BCUT2D eigenvalue weighted by Crippen LogP contribution is -2.30. The number of hydrogen-bond donors (Lipinski definition) is 1. The molecule has 1 heterocycles. The van der Waals surface area contributed by atoms with Gasteiger partial charge in [-0.05, 0) is 18.1 Å². The summed E-state index contributed by atoms with van der Waals surface area (Å²) in [6, 6.07) is 6.33. The second-order valence-electron chi connectivity index (χ2n) is 4.36. The SMILES string of the molecule is O=C(COC(=O)c1cnccn1)NCCc1ccccc1F. The van der Waals surface area contributed by atoms with Crippen LogP contribution in [0.3, 0.4) is 0 Å². The number of rotatable bonds is 6. The van der Waals surface area contributed by atoms with Crippen molar-refractivity contribution in [2.24, 2.45) is 0 Å². The summed E-state index contributed by atoms with van der Waals surface area (Å²) in [6.45, 7) is -0.171. The molecule has 0 aliphatic rings. The maximum atomic E-state index is 13.4. The van der Waals surface area contributed by atoms with E-state index in [0.29, 0.717) is 12.0 Å². The minimum absolute atomic E-state index is 0.0293. The summed E-state index contributed by atoms with van der Waals surface area (Å²) >= 11 is 0. The van der Waals surface area contributed by atoms with Gasteiger partial charge in [-0.1, -0.05) is 18.2 Å². The van der Waals surface area contributed by atoms with Crippen molar-refractivity contribution < 1.29 is 18.7 Å². The van der Waals surface area contributed by atoms with Crippen LogP contribution in [-0.4, -0.2) is 35.0 Å². The van der Waals surface area contributed by atoms with Crippen LogP contribution in [-0.2, 0) is 16.0 Å². The monoisotopic (exact) mass is 303 g/mol. The zero-order chi connectivity index (χ0) is 15.8. The number of amides is 1. The lowest BCUT2D eigenvalue weighted by atomic mass is 10.1. The Hall–Kier alpha value is -2.83. The second-order valence-corrected chi connectivity index (χ2v) is 4.36. The Balaban J connectivity index is 1.70. The van der Waals surface area contributed by atoms with Crippen molar-refractivity contribution in [2.75, 3.05) is 13.2 Å². The highest BCUT2D eigenvalue weighted by Gasteiger charge is 2.11. The molecule has 0 radical (unpaired) electrons. The third kappa shape index (κ3) is 4.62. The van der Waals surface area contributed by atoms with E-state index in [9.17, 15) is 14.0 Å². The molecular formula is C15H14FN3O3. The van der Waals surface area contributed by atoms with Gasteiger partial charge in [-0.25, -0.2) is 14.2 Å². The maximum Gasteiger partial charge on any atom is 0.359 e. The molecule has 0 fully saturated rings. The summed E-state index contributed by atoms with van der Waals surface area (Å²) in [5.41, 5.74) is 0.543. The first kappa shape index (κ1) is 15.6. The molecule has 7 heteroatoms. The molecule has 1 amide bonds. The van der Waals surface area contributed by atoms with Crippen LogP contribution >= 0.6 is 0 Å². The molecule has 2 aromatic rings. The second kappa shape index (κ2) is 7.82. The number of benzene rings is 1. The van der Waals surface area contributed by atoms with E-state index in [0.717, 1.165) is 0 Å². The van der Waals surface area contributed by atoms with E-state index in [1.165, 1.54) is 24.7 Å². The van der Waals surface area contributed by atoms with Crippen molar-refractivity contribution in [3.8, 4) is 0 Å². The molecule has 0 unspecified atom stereocenters. The van der Waals surface area contributed by atoms with Gasteiger partial charge in [0.1, 0.15) is 5.82 Å². The minimum Gasteiger partial charge on any atom is -0.451 e. The first-order valence-electron chi connectivity index (χ1n) is 6.60. The fraction of sp³-hybridized carbons (Fsp3) is 0.200. The molecule has 0 aliphatic carbocycles. The van der Waals surface area contributed by atoms with Crippen LogP contribution in [0.15, 0.2) is 42.9 Å². The van der Waals surface area contributed by atoms with Gasteiger partial charge in [0.2, 0.25) is 0 Å². The number of aromatic nitrogens is 2. The molecular weight excluding hydrogens is 289 g/mol. The quantitative estimate of drug-likeness (QED) is 0.809. The number of ether oxygens (including phenoxy) is 1. The van der Waals surface area contributed by atoms with Gasteiger partial charge in [-0.2, -0.15) is 0 Å². The van der Waals surface area contributed by atoms with E-state index in [1.54, 1.807) is 18.2 Å². The van der Waals surface area contributed by atoms with Gasteiger partial charge in [0, 0.05) is 18.9 Å². The molecule has 0 saturated carbocycles. The van der Waals surface area contributed by atoms with E-state index < -0.39 is 18.5 Å². The van der Waals surface area contributed by atoms with E-state index in [1.807, 2.05) is 0 Å². The number of carbonyl (C=O) groups is 2. The Kier molecular flexibility index (Phi) is 5.53. The minimum atomic E-state index is -0.725. The Morgan fingerprint density at radius 3 is 2.77 bits per heavy atom. The summed E-state index contributed by atoms with van der Waals surface area (Å²) < 4.78 is 18.1. The maximum absolute atomic E-state index is 13.4. The van der Waals surface area contributed by atoms with Crippen LogP contribution in [0.1, 0.15) is 16.1 Å². The number of esters is 1. The highest BCUT2D eigenvalue weighted by atomic mass is 19.1. The van der Waals surface area contributed by atoms with E-state index in [2.05, 4.69) is 15.3 Å². The molecule has 1 aromatic carbocycles. The van der Waals surface area contributed by atoms with Crippen LogP contribution in [0, 0.1) is 5.82 Å². The van der Waals surface area contributed by atoms with Crippen LogP contribution in [0.25, 0.3) is 0 Å². The Bertz CT molecular complexity index is 649. The fourth-order valence-corrected chi connectivity index (χ4v) is 1.70. The van der Waals surface area contributed by atoms with Gasteiger partial charge in [-0.15, -0.1) is 0 Å². The predicted molar refractivity (Wildman–Crippen MR) is 75.4 cm³/mol. The lowest BCUT2D eigenvalue weighted by molar-refractivity contribution is -0.124. The van der Waals surface area contributed by atoms with Crippen molar-refractivity contribution in [3.63, 3.8) is 0 Å². The van der Waals surface area contributed by atoms with Gasteiger partial charge in [0.15, 0.2) is 12.3 Å². The van der Waals surface area contributed by atoms with Crippen molar-refractivity contribution in [3.05, 3.63) is 59.9 Å². The van der Waals surface area contributed by atoms with Gasteiger partial charge in [-0.3, -0.25) is 9.78 Å². The van der Waals surface area contributed by atoms with Crippen LogP contribution in [0.4, 0.5) is 4.39 Å². The number of hydrogen-bond acceptors (Lipinski definition) is 5. The van der Waals surface area contributed by atoms with Gasteiger partial charge >= 0.3 is 5.97 Å². The largest absolute Gasteiger partial charge is 0.451 e. The van der Waals surface area contributed by atoms with Crippen molar-refractivity contribution in [1.82, 2.24) is 15.3 Å². The first-order chi connectivity index (χ1) is 10.7. The zero-order valence-electron chi connectivity index (χ0n) is 11.7. The topological polar surface area (TPSA) is 81.2 Å². The highest BCUT2D eigenvalue weighted by molar-refractivity contribution is 5.89. The molecule has 0 aliphatic heterocycles. The van der Waals surface area contributed by atoms with E-state index in [-0.39, 0.29) is 18.1 Å². The Labute approximate surface area is 126 Å². The summed E-state index contributed by atoms with van der Waals surface area (Å²) in [7, 11) is 0. The van der Waals surface area contributed by atoms with E-state index >= 15 is 0 Å². The smallest absolute Gasteiger partial charge is 0.359 e. The molecule has 0 spiro atoms. The fourth-order valence-electron chi connectivity index (χ4n) is 1.70. The van der Waals surface area contributed by atoms with E-state index in [4.69, 9.17) is 4.74 Å². The van der Waals surface area contributed by atoms with Crippen LogP contribution in [0.5, 0.6) is 0 Å². The molecule has 0 saturated heterocycles. The number of halogens is 1. The van der Waals surface area contributed by atoms with Crippen molar-refractivity contribution >= 4 is 11.9 Å². The molecule has 1 N–H and O–H groups in total. The number of carbonyl (C=O) groups excluding carboxylic acids is 2. The zero-order valence-corrected chi connectivity index (χ0v) is 11.7. The third-order valence-electron chi connectivity index (χ3n) is 2.78. The number of nitrogens with one attached hydrogen (secondary N) is 1. The standard InChI is InChI=1S/C15H14FN3O3/c16-12-4-2-1-3-11(12)5-6-19-14(20)10-22-15(21)13-9-17-7-8-18-13/h1-4,7-9H,5-6,10H2,(H,19,20). The third-order valence-corrected chi connectivity index (χ3v) is 2.78. The first-order valence-corrected chi connectivity index (χ1v) is 6.60. The van der Waals surface area contributed by atoms with Gasteiger partial charge in [0.05, 0.1) is 6.20 Å². The Morgan fingerprint density at radius 2 is 2.05 bits per heavy atom. The normalized spacial score (nSPS) is 10.0. The van der Waals surface area contributed by atoms with Crippen LogP contribution < -0.4 is 5.32 Å². The number of nitrogens with zero attached hydrogens (tertiary/aromatic N) is 2. The highest BCUT2D eigenvalue weighted by Crippen LogP contribution is 2.06. The summed E-state index contributed by atoms with van der Waals surface area (Å²) in [6.07, 6.45) is 4.38. The summed E-state index contributed by atoms with van der Waals surface area (Å²) in [5, 5.41) is 2.55. The molecule has 1 aromatic heterocycles. The molecule has 6 nitrogen and oxygen atoms in total. The predicted octanol–water partition coefficient (Wildman–Crippen LogP) is 1.13. The molecule has 0 bridgehead atoms. The lowest BCUT2D eigenvalue weighted by Gasteiger charge is -2.07. The average Bonchev–Trinajstić information content (AvgIpc) is 2.55. The Morgan fingerprint density at radius 1 is 1.23 bits per heavy atom. The molecule has 22 heavy (non-hydrogen) atoms. The van der Waals surface area contributed by atoms with Crippen molar-refractivity contribution in [1.29, 1.82) is 0 Å². The van der Waals surface area contributed by atoms with Gasteiger partial charge in [0.25, 0.3) is 5.91 Å².